The summed E-state index contributed by atoms with van der Waals surface area (Å²) >= 11 is 1.75. The van der Waals surface area contributed by atoms with Crippen molar-refractivity contribution < 1.29 is 0 Å². The summed E-state index contributed by atoms with van der Waals surface area (Å²) < 4.78 is 0. The zero-order valence-electron chi connectivity index (χ0n) is 6.82. The SMILES string of the molecule is CSC1N=CNc2ccccc21. The van der Waals surface area contributed by atoms with E-state index >= 15 is 0 Å². The Morgan fingerprint density at radius 3 is 3.08 bits per heavy atom. The van der Waals surface area contributed by atoms with Crippen LogP contribution in [0, 0.1) is 0 Å². The molecule has 1 atom stereocenters. The molecule has 12 heavy (non-hydrogen) atoms. The zero-order valence-corrected chi connectivity index (χ0v) is 7.64. The van der Waals surface area contributed by atoms with Crippen LogP contribution in [0.5, 0.6) is 0 Å². The summed E-state index contributed by atoms with van der Waals surface area (Å²) in [5, 5.41) is 3.39. The average Bonchev–Trinajstić information content (AvgIpc) is 2.17. The van der Waals surface area contributed by atoms with Gasteiger partial charge < -0.3 is 5.32 Å². The predicted octanol–water partition coefficient (Wildman–Crippen LogP) is 2.50. The number of para-hydroxylation sites is 1. The monoisotopic (exact) mass is 178 g/mol. The Balaban J connectivity index is 2.43. The molecule has 1 unspecified atom stereocenters. The molecule has 2 nitrogen and oxygen atoms in total. The lowest BCUT2D eigenvalue weighted by molar-refractivity contribution is 1.03. The van der Waals surface area contributed by atoms with Crippen LogP contribution in [-0.2, 0) is 0 Å². The van der Waals surface area contributed by atoms with Gasteiger partial charge in [-0.05, 0) is 12.3 Å². The highest BCUT2D eigenvalue weighted by molar-refractivity contribution is 7.98. The van der Waals surface area contributed by atoms with Gasteiger partial charge in [0.15, 0.2) is 0 Å². The molecule has 1 aliphatic rings. The first kappa shape index (κ1) is 7.68. The van der Waals surface area contributed by atoms with E-state index in [4.69, 9.17) is 0 Å². The number of hydrogen-bond donors (Lipinski definition) is 1. The third kappa shape index (κ3) is 1.20. The molecule has 1 N–H and O–H groups in total. The third-order valence-corrected chi connectivity index (χ3v) is 2.70. The number of rotatable bonds is 1. The standard InChI is InChI=1S/C9H10N2S/c1-12-9-7-4-2-3-5-8(7)10-6-11-9/h2-6,9H,1H3,(H,10,11). The lowest BCUT2D eigenvalue weighted by Gasteiger charge is -2.18. The predicted molar refractivity (Wildman–Crippen MR) is 54.8 cm³/mol. The molecule has 0 saturated heterocycles. The van der Waals surface area contributed by atoms with Crippen LogP contribution in [-0.4, -0.2) is 12.6 Å². The van der Waals surface area contributed by atoms with Gasteiger partial charge in [-0.3, -0.25) is 4.99 Å². The second-order valence-electron chi connectivity index (χ2n) is 2.60. The van der Waals surface area contributed by atoms with Gasteiger partial charge >= 0.3 is 0 Å². The minimum absolute atomic E-state index is 0.266. The molecule has 0 amide bonds. The van der Waals surface area contributed by atoms with E-state index in [2.05, 4.69) is 28.7 Å². The van der Waals surface area contributed by atoms with E-state index in [0.717, 1.165) is 0 Å². The molecular formula is C9H10N2S. The Bertz CT molecular complexity index is 309. The van der Waals surface area contributed by atoms with Gasteiger partial charge in [0, 0.05) is 11.3 Å². The maximum absolute atomic E-state index is 4.32. The molecule has 62 valence electrons. The Hall–Kier alpha value is -0.960. The van der Waals surface area contributed by atoms with E-state index in [9.17, 15) is 0 Å². The number of fused-ring (bicyclic) bond motifs is 1. The summed E-state index contributed by atoms with van der Waals surface area (Å²) in [6.07, 6.45) is 3.84. The van der Waals surface area contributed by atoms with Crippen molar-refractivity contribution in [3.05, 3.63) is 29.8 Å². The molecule has 0 aliphatic carbocycles. The van der Waals surface area contributed by atoms with Crippen LogP contribution < -0.4 is 5.32 Å². The molecule has 0 spiro atoms. The number of nitrogens with zero attached hydrogens (tertiary/aromatic N) is 1. The molecule has 0 radical (unpaired) electrons. The first-order valence-corrected chi connectivity index (χ1v) is 5.10. The quantitative estimate of drug-likeness (QED) is 0.714. The molecule has 0 saturated carbocycles. The molecule has 2 rings (SSSR count). The summed E-state index contributed by atoms with van der Waals surface area (Å²) in [7, 11) is 0. The second kappa shape index (κ2) is 3.19. The van der Waals surface area contributed by atoms with E-state index in [1.807, 2.05) is 12.1 Å². The molecule has 1 aromatic rings. The number of nitrogens with one attached hydrogen (secondary N) is 1. The number of benzene rings is 1. The van der Waals surface area contributed by atoms with Crippen molar-refractivity contribution in [2.24, 2.45) is 4.99 Å². The van der Waals surface area contributed by atoms with Crippen LogP contribution in [0.4, 0.5) is 5.69 Å². The zero-order chi connectivity index (χ0) is 8.39. The van der Waals surface area contributed by atoms with Crippen molar-refractivity contribution in [1.29, 1.82) is 0 Å². The number of hydrogen-bond acceptors (Lipinski definition) is 3. The van der Waals surface area contributed by atoms with Gasteiger partial charge in [-0.15, -0.1) is 11.8 Å². The van der Waals surface area contributed by atoms with E-state index < -0.39 is 0 Å². The smallest absolute Gasteiger partial charge is 0.124 e. The van der Waals surface area contributed by atoms with Crippen molar-refractivity contribution in [3.8, 4) is 0 Å². The van der Waals surface area contributed by atoms with Gasteiger partial charge in [0.25, 0.3) is 0 Å². The van der Waals surface area contributed by atoms with Gasteiger partial charge in [-0.1, -0.05) is 18.2 Å². The molecule has 1 heterocycles. The topological polar surface area (TPSA) is 24.4 Å². The summed E-state index contributed by atoms with van der Waals surface area (Å²) in [5.41, 5.74) is 2.44. The normalized spacial score (nSPS) is 19.9. The highest BCUT2D eigenvalue weighted by atomic mass is 32.2. The Labute approximate surface area is 76.1 Å². The van der Waals surface area contributed by atoms with E-state index in [-0.39, 0.29) is 5.37 Å². The molecule has 3 heteroatoms. The number of aliphatic imine (C=N–C) groups is 1. The Morgan fingerprint density at radius 2 is 2.25 bits per heavy atom. The molecule has 0 aromatic heterocycles. The van der Waals surface area contributed by atoms with Crippen LogP contribution in [0.2, 0.25) is 0 Å². The fourth-order valence-corrected chi connectivity index (χ4v) is 1.93. The average molecular weight is 178 g/mol. The largest absolute Gasteiger partial charge is 0.346 e. The van der Waals surface area contributed by atoms with Gasteiger partial charge in [-0.25, -0.2) is 0 Å². The summed E-state index contributed by atoms with van der Waals surface area (Å²) in [4.78, 5) is 4.32. The molecular weight excluding hydrogens is 168 g/mol. The lowest BCUT2D eigenvalue weighted by Crippen LogP contribution is -2.07. The lowest BCUT2D eigenvalue weighted by atomic mass is 10.1. The molecule has 0 bridgehead atoms. The molecule has 0 fully saturated rings. The van der Waals surface area contributed by atoms with E-state index in [1.165, 1.54) is 11.3 Å². The van der Waals surface area contributed by atoms with E-state index in [0.29, 0.717) is 0 Å². The van der Waals surface area contributed by atoms with Crippen LogP contribution in [0.1, 0.15) is 10.9 Å². The highest BCUT2D eigenvalue weighted by Gasteiger charge is 2.14. The summed E-state index contributed by atoms with van der Waals surface area (Å²) in [5.74, 6) is 0. The second-order valence-corrected chi connectivity index (χ2v) is 3.52. The summed E-state index contributed by atoms with van der Waals surface area (Å²) in [6.45, 7) is 0. The van der Waals surface area contributed by atoms with E-state index in [1.54, 1.807) is 18.1 Å². The van der Waals surface area contributed by atoms with Gasteiger partial charge in [0.05, 0.1) is 6.34 Å². The fourth-order valence-electron chi connectivity index (χ4n) is 1.29. The van der Waals surface area contributed by atoms with Crippen LogP contribution in [0.3, 0.4) is 0 Å². The van der Waals surface area contributed by atoms with Crippen molar-refractivity contribution in [2.45, 2.75) is 5.37 Å². The van der Waals surface area contributed by atoms with Gasteiger partial charge in [-0.2, -0.15) is 0 Å². The first-order chi connectivity index (χ1) is 5.92. The number of anilines is 1. The summed E-state index contributed by atoms with van der Waals surface area (Å²) in [6, 6.07) is 8.26. The van der Waals surface area contributed by atoms with Gasteiger partial charge in [0.2, 0.25) is 0 Å². The number of thioether (sulfide) groups is 1. The molecule has 1 aliphatic heterocycles. The van der Waals surface area contributed by atoms with Crippen LogP contribution in [0.25, 0.3) is 0 Å². The van der Waals surface area contributed by atoms with Crippen molar-refractivity contribution in [3.63, 3.8) is 0 Å². The maximum Gasteiger partial charge on any atom is 0.124 e. The highest BCUT2D eigenvalue weighted by Crippen LogP contribution is 2.34. The minimum Gasteiger partial charge on any atom is -0.346 e. The third-order valence-electron chi connectivity index (χ3n) is 1.88. The van der Waals surface area contributed by atoms with Crippen LogP contribution in [0.15, 0.2) is 29.3 Å². The van der Waals surface area contributed by atoms with Crippen molar-refractivity contribution in [2.75, 3.05) is 11.6 Å². The van der Waals surface area contributed by atoms with Crippen molar-refractivity contribution in [1.82, 2.24) is 0 Å². The molecule has 1 aromatic carbocycles. The maximum atomic E-state index is 4.32. The fraction of sp³-hybridized carbons (Fsp3) is 0.222. The first-order valence-electron chi connectivity index (χ1n) is 3.82. The van der Waals surface area contributed by atoms with Crippen LogP contribution >= 0.6 is 11.8 Å². The van der Waals surface area contributed by atoms with Gasteiger partial charge in [0.1, 0.15) is 5.37 Å². The van der Waals surface area contributed by atoms with Crippen molar-refractivity contribution >= 4 is 23.8 Å². The minimum atomic E-state index is 0.266. The Kier molecular flexibility index (Phi) is 2.04. The Morgan fingerprint density at radius 1 is 1.42 bits per heavy atom.